The number of benzene rings is 3. The SMILES string of the molecule is Cc1ccc2c(c1)[nH]c1c2c2c(c3c4ccc(O)cc4n(C4OC(CO)C(O)C(O)C4O)c13)C(=O)N(NC(CO)CO)C2=O. The van der Waals surface area contributed by atoms with Crippen LogP contribution in [0.1, 0.15) is 32.5 Å². The molecule has 2 amide bonds. The van der Waals surface area contributed by atoms with Gasteiger partial charge in [-0.2, -0.15) is 0 Å². The number of imide groups is 1. The van der Waals surface area contributed by atoms with Crippen molar-refractivity contribution in [3.63, 3.8) is 0 Å². The summed E-state index contributed by atoms with van der Waals surface area (Å²) in [4.78, 5) is 31.5. The van der Waals surface area contributed by atoms with Gasteiger partial charge in [0.1, 0.15) is 30.2 Å². The molecule has 44 heavy (non-hydrogen) atoms. The number of aromatic nitrogens is 2. The number of carbonyl (C=O) groups excluding carboxylic acids is 2. The maximum Gasteiger partial charge on any atom is 0.276 e. The molecule has 2 aliphatic heterocycles. The van der Waals surface area contributed by atoms with E-state index in [4.69, 9.17) is 4.74 Å². The van der Waals surface area contributed by atoms with Crippen molar-refractivity contribution >= 4 is 55.4 Å². The zero-order valence-corrected chi connectivity index (χ0v) is 23.3. The van der Waals surface area contributed by atoms with Crippen LogP contribution in [0.3, 0.4) is 0 Å². The Morgan fingerprint density at radius 1 is 0.909 bits per heavy atom. The molecule has 1 saturated heterocycles. The zero-order valence-electron chi connectivity index (χ0n) is 23.3. The molecule has 2 aromatic heterocycles. The van der Waals surface area contributed by atoms with Crippen LogP contribution in [0.2, 0.25) is 0 Å². The second kappa shape index (κ2) is 10.2. The highest BCUT2D eigenvalue weighted by atomic mass is 16.6. The lowest BCUT2D eigenvalue weighted by molar-refractivity contribution is -0.249. The van der Waals surface area contributed by atoms with Crippen LogP contribution in [0, 0.1) is 6.92 Å². The summed E-state index contributed by atoms with van der Waals surface area (Å²) in [5, 5.41) is 74.6. The number of aliphatic hydroxyl groups is 6. The number of phenols is 1. The van der Waals surface area contributed by atoms with Crippen LogP contribution in [0.15, 0.2) is 36.4 Å². The lowest BCUT2D eigenvalue weighted by atomic mass is 9.96. The third-order valence-corrected chi connectivity index (χ3v) is 8.64. The molecule has 2 aliphatic rings. The molecular formula is C30H30N4O10. The Balaban J connectivity index is 1.65. The van der Waals surface area contributed by atoms with Crippen LogP contribution in [-0.2, 0) is 4.74 Å². The first kappa shape index (κ1) is 28.6. The monoisotopic (exact) mass is 606 g/mol. The molecule has 3 aromatic carbocycles. The third kappa shape index (κ3) is 3.84. The third-order valence-electron chi connectivity index (χ3n) is 8.64. The van der Waals surface area contributed by atoms with E-state index in [0.717, 1.165) is 10.6 Å². The van der Waals surface area contributed by atoms with E-state index >= 15 is 0 Å². The van der Waals surface area contributed by atoms with E-state index in [9.17, 15) is 45.3 Å². The average Bonchev–Trinajstić information content (AvgIpc) is 3.62. The van der Waals surface area contributed by atoms with Crippen molar-refractivity contribution in [3.05, 3.63) is 53.1 Å². The van der Waals surface area contributed by atoms with Crippen LogP contribution < -0.4 is 5.43 Å². The Morgan fingerprint density at radius 2 is 1.59 bits per heavy atom. The largest absolute Gasteiger partial charge is 0.508 e. The van der Waals surface area contributed by atoms with Crippen molar-refractivity contribution < 1.29 is 50.1 Å². The maximum absolute atomic E-state index is 14.1. The van der Waals surface area contributed by atoms with E-state index in [0.29, 0.717) is 32.7 Å². The second-order valence-corrected chi connectivity index (χ2v) is 11.3. The number of aromatic hydroxyl groups is 1. The number of ether oxygens (including phenoxy) is 1. The summed E-state index contributed by atoms with van der Waals surface area (Å²) in [7, 11) is 0. The minimum absolute atomic E-state index is 0.000125. The highest BCUT2D eigenvalue weighted by molar-refractivity contribution is 6.39. The molecule has 9 N–H and O–H groups in total. The molecule has 5 aromatic rings. The van der Waals surface area contributed by atoms with Gasteiger partial charge < -0.3 is 50.0 Å². The molecule has 7 rings (SSSR count). The van der Waals surface area contributed by atoms with E-state index in [-0.39, 0.29) is 27.8 Å². The highest BCUT2D eigenvalue weighted by Crippen LogP contribution is 2.47. The summed E-state index contributed by atoms with van der Waals surface area (Å²) in [6, 6.07) is 8.83. The number of aliphatic hydroxyl groups excluding tert-OH is 6. The average molecular weight is 607 g/mol. The number of hydrogen-bond donors (Lipinski definition) is 9. The normalized spacial score (nSPS) is 24.2. The first-order valence-electron chi connectivity index (χ1n) is 14.0. The molecule has 0 radical (unpaired) electrons. The lowest BCUT2D eigenvalue weighted by Crippen LogP contribution is -2.56. The quantitative estimate of drug-likeness (QED) is 0.116. The minimum atomic E-state index is -1.72. The predicted octanol–water partition coefficient (Wildman–Crippen LogP) is -0.131. The smallest absolute Gasteiger partial charge is 0.276 e. The van der Waals surface area contributed by atoms with Crippen molar-refractivity contribution in [2.24, 2.45) is 0 Å². The Hall–Kier alpha value is -4.12. The maximum atomic E-state index is 14.1. The fraction of sp³-hybridized carbons (Fsp3) is 0.333. The number of nitrogens with zero attached hydrogens (tertiary/aromatic N) is 2. The first-order valence-corrected chi connectivity index (χ1v) is 14.0. The summed E-state index contributed by atoms with van der Waals surface area (Å²) in [5.74, 6) is -1.63. The van der Waals surface area contributed by atoms with Crippen molar-refractivity contribution in [2.75, 3.05) is 19.8 Å². The van der Waals surface area contributed by atoms with E-state index in [1.54, 1.807) is 12.1 Å². The van der Waals surface area contributed by atoms with Gasteiger partial charge in [0.25, 0.3) is 11.8 Å². The number of phenolic OH excluding ortho intramolecular Hbond substituents is 1. The molecular weight excluding hydrogens is 576 g/mol. The molecule has 230 valence electrons. The first-order chi connectivity index (χ1) is 21.1. The van der Waals surface area contributed by atoms with Crippen LogP contribution in [0.4, 0.5) is 0 Å². The molecule has 0 bridgehead atoms. The number of aryl methyl sites for hydroxylation is 1. The number of hydrazine groups is 1. The van der Waals surface area contributed by atoms with E-state index in [2.05, 4.69) is 10.4 Å². The van der Waals surface area contributed by atoms with Gasteiger partial charge in [-0.3, -0.25) is 9.59 Å². The summed E-state index contributed by atoms with van der Waals surface area (Å²) >= 11 is 0. The minimum Gasteiger partial charge on any atom is -0.508 e. The number of rotatable bonds is 6. The van der Waals surface area contributed by atoms with Crippen LogP contribution in [0.25, 0.3) is 43.6 Å². The van der Waals surface area contributed by atoms with E-state index < -0.39 is 68.3 Å². The Labute approximate surface area is 247 Å². The summed E-state index contributed by atoms with van der Waals surface area (Å²) < 4.78 is 7.45. The fourth-order valence-corrected chi connectivity index (χ4v) is 6.54. The summed E-state index contributed by atoms with van der Waals surface area (Å²) in [6.07, 6.45) is -7.73. The van der Waals surface area contributed by atoms with Crippen LogP contribution >= 0.6 is 0 Å². The van der Waals surface area contributed by atoms with Gasteiger partial charge >= 0.3 is 0 Å². The molecule has 1 fully saturated rings. The molecule has 5 unspecified atom stereocenters. The Bertz CT molecular complexity index is 1990. The molecule has 0 spiro atoms. The van der Waals surface area contributed by atoms with Gasteiger partial charge in [-0.1, -0.05) is 12.1 Å². The van der Waals surface area contributed by atoms with E-state index in [1.807, 2.05) is 19.1 Å². The highest BCUT2D eigenvalue weighted by Gasteiger charge is 2.47. The van der Waals surface area contributed by atoms with Crippen molar-refractivity contribution in [2.45, 2.75) is 43.6 Å². The molecule has 14 heteroatoms. The predicted molar refractivity (Wildman–Crippen MR) is 156 cm³/mol. The van der Waals surface area contributed by atoms with Gasteiger partial charge in [-0.25, -0.2) is 10.4 Å². The number of aromatic amines is 1. The van der Waals surface area contributed by atoms with Gasteiger partial charge in [0, 0.05) is 33.1 Å². The van der Waals surface area contributed by atoms with E-state index in [1.165, 1.54) is 16.7 Å². The second-order valence-electron chi connectivity index (χ2n) is 11.3. The Kier molecular flexibility index (Phi) is 6.65. The summed E-state index contributed by atoms with van der Waals surface area (Å²) in [5.41, 5.74) is 5.18. The number of hydrogen-bond acceptors (Lipinski definition) is 11. The Morgan fingerprint density at radius 3 is 2.27 bits per heavy atom. The number of fused-ring (bicyclic) bond motifs is 10. The number of nitrogens with one attached hydrogen (secondary N) is 2. The molecule has 14 nitrogen and oxygen atoms in total. The number of amides is 2. The van der Waals surface area contributed by atoms with Crippen molar-refractivity contribution in [1.82, 2.24) is 20.0 Å². The van der Waals surface area contributed by atoms with Crippen molar-refractivity contribution in [3.8, 4) is 5.75 Å². The molecule has 0 aliphatic carbocycles. The van der Waals surface area contributed by atoms with Gasteiger partial charge in [0.2, 0.25) is 0 Å². The number of carbonyl (C=O) groups is 2. The van der Waals surface area contributed by atoms with Crippen LogP contribution in [0.5, 0.6) is 5.75 Å². The fourth-order valence-electron chi connectivity index (χ4n) is 6.54. The van der Waals surface area contributed by atoms with Crippen molar-refractivity contribution in [1.29, 1.82) is 0 Å². The number of H-pyrrole nitrogens is 1. The van der Waals surface area contributed by atoms with Gasteiger partial charge in [0.05, 0.1) is 53.5 Å². The molecule has 5 atom stereocenters. The molecule has 4 heterocycles. The molecule has 0 saturated carbocycles. The lowest BCUT2D eigenvalue weighted by Gasteiger charge is -2.41. The standard InChI is InChI=1S/C30H30N4O10/c1-11-2-4-14-16(6-11)31-23-19(14)21-22(29(43)34(28(21)42)32-12(8-35)9-36)20-15-5-3-13(38)7-17(15)33(24(20)23)30-27(41)26(40)25(39)18(10-37)44-30/h2-7,12,18,25-27,30-32,35-41H,8-10H2,1H3. The van der Waals surface area contributed by atoms with Gasteiger partial charge in [0.15, 0.2) is 6.23 Å². The van der Waals surface area contributed by atoms with Gasteiger partial charge in [-0.15, -0.1) is 0 Å². The summed E-state index contributed by atoms with van der Waals surface area (Å²) in [6.45, 7) is 0.0985. The van der Waals surface area contributed by atoms with Crippen LogP contribution in [-0.4, -0.2) is 112 Å². The zero-order chi connectivity index (χ0) is 31.2. The van der Waals surface area contributed by atoms with Gasteiger partial charge in [-0.05, 0) is 30.7 Å². The topological polar surface area (TPSA) is 221 Å².